The largest absolute Gasteiger partial charge is 0.309 e. The van der Waals surface area contributed by atoms with Gasteiger partial charge in [-0.1, -0.05) is 137 Å². The van der Waals surface area contributed by atoms with Gasteiger partial charge >= 0.3 is 0 Å². The fourth-order valence-electron chi connectivity index (χ4n) is 9.86. The van der Waals surface area contributed by atoms with Gasteiger partial charge in [0.15, 0.2) is 17.5 Å². The Balaban J connectivity index is 1.04. The summed E-state index contributed by atoms with van der Waals surface area (Å²) in [6, 6.07) is 57.4. The minimum atomic E-state index is 0.108. The van der Waals surface area contributed by atoms with Crippen molar-refractivity contribution >= 4 is 74.9 Å². The number of hydrogen-bond donors (Lipinski definition) is 0. The van der Waals surface area contributed by atoms with Gasteiger partial charge in [-0.25, -0.2) is 15.0 Å². The molecule has 0 amide bonds. The van der Waals surface area contributed by atoms with Crippen LogP contribution in [0.1, 0.15) is 51.7 Å². The second-order valence-corrected chi connectivity index (χ2v) is 19.0. The number of para-hydroxylation sites is 1. The average molecular weight is 791 g/mol. The molecule has 1 aliphatic carbocycles. The summed E-state index contributed by atoms with van der Waals surface area (Å²) in [5.74, 6) is 1.98. The van der Waals surface area contributed by atoms with Gasteiger partial charge < -0.3 is 4.57 Å². The molecule has 0 fully saturated rings. The van der Waals surface area contributed by atoms with Gasteiger partial charge in [-0.2, -0.15) is 0 Å². The van der Waals surface area contributed by atoms with Crippen LogP contribution in [0.2, 0.25) is 0 Å². The number of aromatic nitrogens is 4. The zero-order valence-electron chi connectivity index (χ0n) is 34.1. The topological polar surface area (TPSA) is 43.6 Å². The van der Waals surface area contributed by atoms with Crippen molar-refractivity contribution in [1.82, 2.24) is 19.5 Å². The summed E-state index contributed by atoms with van der Waals surface area (Å²) >= 11 is 1.81. The van der Waals surface area contributed by atoms with Crippen molar-refractivity contribution in [2.45, 2.75) is 51.4 Å². The molecule has 0 unspecified atom stereocenters. The summed E-state index contributed by atoms with van der Waals surface area (Å²) in [5.41, 5.74) is 9.74. The Labute approximate surface area is 352 Å². The van der Waals surface area contributed by atoms with Crippen molar-refractivity contribution in [3.63, 3.8) is 0 Å². The minimum absolute atomic E-state index is 0.108. The predicted molar refractivity (Wildman–Crippen MR) is 254 cm³/mol. The first-order chi connectivity index (χ1) is 29.2. The van der Waals surface area contributed by atoms with E-state index < -0.39 is 0 Å². The number of hydrogen-bond acceptors (Lipinski definition) is 4. The molecule has 3 heterocycles. The molecule has 1 aliphatic rings. The van der Waals surface area contributed by atoms with Crippen LogP contribution in [0.25, 0.3) is 103 Å². The molecule has 4 nitrogen and oxygen atoms in total. The Kier molecular flexibility index (Phi) is 7.59. The Bertz CT molecular complexity index is 3560. The Morgan fingerprint density at radius 2 is 1.07 bits per heavy atom. The summed E-state index contributed by atoms with van der Waals surface area (Å²) in [6.45, 7) is 9.66. The van der Waals surface area contributed by atoms with Crippen molar-refractivity contribution in [3.8, 4) is 39.9 Å². The standard InChI is InChI=1S/C55H42N4S/c1-54(2)26-27-55(3,4)46-32-48-44(31-45(46)54)40-15-7-9-18-47(40)59(48)38-24-22-33-20-21-35(28-37(33)29-38)51-56-52(36-23-25-42-41-16-8-10-19-49(41)60-50(42)30-36)58-53(57-51)43-17-11-13-34-12-5-6-14-39(34)43/h5-25,28-32H,26-27H2,1-4H3. The quantitative estimate of drug-likeness (QED) is 0.178. The summed E-state index contributed by atoms with van der Waals surface area (Å²) < 4.78 is 4.97. The smallest absolute Gasteiger partial charge is 0.164 e. The fraction of sp³-hybridized carbons (Fsp3) is 0.145. The molecular formula is C55H42N4S. The molecule has 0 saturated carbocycles. The van der Waals surface area contributed by atoms with Crippen LogP contribution in [0, 0.1) is 0 Å². The predicted octanol–water partition coefficient (Wildman–Crippen LogP) is 15.0. The molecule has 0 aliphatic heterocycles. The number of nitrogens with zero attached hydrogens (tertiary/aromatic N) is 4. The van der Waals surface area contributed by atoms with Crippen LogP contribution in [-0.4, -0.2) is 19.5 Å². The van der Waals surface area contributed by atoms with E-state index in [-0.39, 0.29) is 10.8 Å². The first kappa shape index (κ1) is 35.3. The fourth-order valence-corrected chi connectivity index (χ4v) is 11.0. The molecule has 0 N–H and O–H groups in total. The second kappa shape index (κ2) is 12.9. The highest BCUT2D eigenvalue weighted by atomic mass is 32.1. The Morgan fingerprint density at radius 1 is 0.433 bits per heavy atom. The van der Waals surface area contributed by atoms with Crippen molar-refractivity contribution in [3.05, 3.63) is 169 Å². The lowest BCUT2D eigenvalue weighted by Crippen LogP contribution is -2.33. The van der Waals surface area contributed by atoms with Gasteiger partial charge in [-0.3, -0.25) is 0 Å². The van der Waals surface area contributed by atoms with Crippen LogP contribution in [0.5, 0.6) is 0 Å². The van der Waals surface area contributed by atoms with Crippen molar-refractivity contribution in [2.75, 3.05) is 0 Å². The van der Waals surface area contributed by atoms with Crippen LogP contribution in [0.3, 0.4) is 0 Å². The molecule has 3 aromatic heterocycles. The third kappa shape index (κ3) is 5.45. The maximum atomic E-state index is 5.25. The van der Waals surface area contributed by atoms with E-state index in [1.807, 2.05) is 11.3 Å². The van der Waals surface area contributed by atoms with E-state index in [0.717, 1.165) is 38.5 Å². The highest BCUT2D eigenvalue weighted by Crippen LogP contribution is 2.49. The van der Waals surface area contributed by atoms with Crippen LogP contribution in [-0.2, 0) is 10.8 Å². The molecule has 8 aromatic carbocycles. The molecule has 0 bridgehead atoms. The van der Waals surface area contributed by atoms with Crippen molar-refractivity contribution < 1.29 is 0 Å². The van der Waals surface area contributed by atoms with E-state index in [1.54, 1.807) is 0 Å². The molecule has 12 rings (SSSR count). The first-order valence-electron chi connectivity index (χ1n) is 21.0. The maximum Gasteiger partial charge on any atom is 0.164 e. The van der Waals surface area contributed by atoms with Crippen LogP contribution < -0.4 is 0 Å². The zero-order chi connectivity index (χ0) is 40.3. The van der Waals surface area contributed by atoms with E-state index in [4.69, 9.17) is 15.0 Å². The van der Waals surface area contributed by atoms with E-state index in [1.165, 1.54) is 71.3 Å². The van der Waals surface area contributed by atoms with Gasteiger partial charge in [0.05, 0.1) is 11.0 Å². The third-order valence-corrected chi connectivity index (χ3v) is 14.4. The summed E-state index contributed by atoms with van der Waals surface area (Å²) in [5, 5.41) is 9.71. The normalized spacial score (nSPS) is 14.8. The lowest BCUT2D eigenvalue weighted by atomic mass is 9.63. The van der Waals surface area contributed by atoms with Gasteiger partial charge in [0.1, 0.15) is 0 Å². The van der Waals surface area contributed by atoms with Crippen LogP contribution in [0.4, 0.5) is 0 Å². The Morgan fingerprint density at radius 3 is 1.90 bits per heavy atom. The lowest BCUT2D eigenvalue weighted by molar-refractivity contribution is 0.332. The van der Waals surface area contributed by atoms with Gasteiger partial charge in [0, 0.05) is 53.3 Å². The SMILES string of the molecule is CC1(C)CCC(C)(C)c2cc3c(cc21)c1ccccc1n3-c1ccc2ccc(-c3nc(-c4ccc5c(c4)sc4ccccc45)nc(-c4cccc5ccccc45)n3)cc2c1. The number of thiophene rings is 1. The second-order valence-electron chi connectivity index (χ2n) is 17.9. The lowest BCUT2D eigenvalue weighted by Gasteiger charge is -2.42. The van der Waals surface area contributed by atoms with Crippen LogP contribution >= 0.6 is 11.3 Å². The molecule has 0 spiro atoms. The first-order valence-corrected chi connectivity index (χ1v) is 21.8. The molecule has 11 aromatic rings. The number of benzene rings is 8. The van der Waals surface area contributed by atoms with Gasteiger partial charge in [-0.05, 0) is 105 Å². The summed E-state index contributed by atoms with van der Waals surface area (Å²) in [6.07, 6.45) is 2.37. The van der Waals surface area contributed by atoms with E-state index in [2.05, 4.69) is 190 Å². The third-order valence-electron chi connectivity index (χ3n) is 13.3. The Hall–Kier alpha value is -6.69. The van der Waals surface area contributed by atoms with Crippen molar-refractivity contribution in [2.24, 2.45) is 0 Å². The highest BCUT2D eigenvalue weighted by molar-refractivity contribution is 7.25. The molecule has 0 saturated heterocycles. The molecule has 0 atom stereocenters. The highest BCUT2D eigenvalue weighted by Gasteiger charge is 2.38. The molecule has 5 heteroatoms. The molecular weight excluding hydrogens is 749 g/mol. The summed E-state index contributed by atoms with van der Waals surface area (Å²) in [7, 11) is 0. The molecule has 288 valence electrons. The maximum absolute atomic E-state index is 5.25. The van der Waals surface area contributed by atoms with Gasteiger partial charge in [0.2, 0.25) is 0 Å². The monoisotopic (exact) mass is 790 g/mol. The van der Waals surface area contributed by atoms with Crippen molar-refractivity contribution in [1.29, 1.82) is 0 Å². The summed E-state index contributed by atoms with van der Waals surface area (Å²) in [4.78, 5) is 15.7. The zero-order valence-corrected chi connectivity index (χ0v) is 34.9. The van der Waals surface area contributed by atoms with E-state index in [9.17, 15) is 0 Å². The van der Waals surface area contributed by atoms with E-state index >= 15 is 0 Å². The van der Waals surface area contributed by atoms with Crippen LogP contribution in [0.15, 0.2) is 158 Å². The molecule has 60 heavy (non-hydrogen) atoms. The minimum Gasteiger partial charge on any atom is -0.309 e. The number of rotatable bonds is 4. The number of fused-ring (bicyclic) bond motifs is 9. The van der Waals surface area contributed by atoms with E-state index in [0.29, 0.717) is 17.5 Å². The molecule has 0 radical (unpaired) electrons. The average Bonchev–Trinajstić information content (AvgIpc) is 3.82. The van der Waals surface area contributed by atoms with Gasteiger partial charge in [-0.15, -0.1) is 11.3 Å². The van der Waals surface area contributed by atoms with Gasteiger partial charge in [0.25, 0.3) is 0 Å².